The highest BCUT2D eigenvalue weighted by Gasteiger charge is 2.02. The molecule has 1 unspecified atom stereocenters. The third-order valence-corrected chi connectivity index (χ3v) is 2.40. The highest BCUT2D eigenvalue weighted by molar-refractivity contribution is 5.77. The third-order valence-electron chi connectivity index (χ3n) is 2.40. The number of rotatable bonds is 8. The van der Waals surface area contributed by atoms with Crippen molar-refractivity contribution in [3.05, 3.63) is 36.5 Å². The summed E-state index contributed by atoms with van der Waals surface area (Å²) in [5.74, 6) is 0.597. The van der Waals surface area contributed by atoms with Crippen LogP contribution in [0.25, 0.3) is 0 Å². The minimum atomic E-state index is 0.104. The molecule has 0 rings (SSSR count). The van der Waals surface area contributed by atoms with Gasteiger partial charge in [0, 0.05) is 13.0 Å². The Balaban J connectivity index is 3.61. The fourth-order valence-corrected chi connectivity index (χ4v) is 1.31. The Labute approximate surface area is 105 Å². The molecule has 17 heavy (non-hydrogen) atoms. The average Bonchev–Trinajstić information content (AvgIpc) is 2.33. The molecule has 0 heterocycles. The summed E-state index contributed by atoms with van der Waals surface area (Å²) in [6.45, 7) is 6.85. The van der Waals surface area contributed by atoms with Crippen LogP contribution in [0.15, 0.2) is 36.5 Å². The van der Waals surface area contributed by atoms with Crippen LogP contribution < -0.4 is 5.32 Å². The Morgan fingerprint density at radius 2 is 1.82 bits per heavy atom. The van der Waals surface area contributed by atoms with Crippen LogP contribution in [0.4, 0.5) is 0 Å². The molecule has 0 saturated carbocycles. The Morgan fingerprint density at radius 1 is 1.12 bits per heavy atom. The van der Waals surface area contributed by atoms with Gasteiger partial charge in [0.25, 0.3) is 0 Å². The molecular formula is C15H25NO. The topological polar surface area (TPSA) is 29.1 Å². The first-order valence-corrected chi connectivity index (χ1v) is 6.34. The van der Waals surface area contributed by atoms with Crippen molar-refractivity contribution in [2.75, 3.05) is 6.54 Å². The normalized spacial score (nSPS) is 13.8. The second kappa shape index (κ2) is 11.2. The van der Waals surface area contributed by atoms with Gasteiger partial charge in [-0.3, -0.25) is 4.79 Å². The van der Waals surface area contributed by atoms with Crippen molar-refractivity contribution >= 4 is 5.91 Å². The van der Waals surface area contributed by atoms with Crippen LogP contribution in [0.3, 0.4) is 0 Å². The molecule has 0 aliphatic carbocycles. The monoisotopic (exact) mass is 235 g/mol. The zero-order chi connectivity index (χ0) is 12.9. The van der Waals surface area contributed by atoms with E-state index in [9.17, 15) is 4.79 Å². The maximum absolute atomic E-state index is 11.3. The van der Waals surface area contributed by atoms with E-state index >= 15 is 0 Å². The largest absolute Gasteiger partial charge is 0.356 e. The van der Waals surface area contributed by atoms with Crippen molar-refractivity contribution in [3.8, 4) is 0 Å². The Morgan fingerprint density at radius 3 is 2.47 bits per heavy atom. The van der Waals surface area contributed by atoms with Gasteiger partial charge < -0.3 is 5.32 Å². The predicted molar refractivity (Wildman–Crippen MR) is 74.8 cm³/mol. The van der Waals surface area contributed by atoms with Crippen LogP contribution >= 0.6 is 0 Å². The number of carbonyl (C=O) groups excluding carboxylic acids is 1. The zero-order valence-electron chi connectivity index (χ0n) is 11.3. The first kappa shape index (κ1) is 15.7. The maximum Gasteiger partial charge on any atom is 0.223 e. The Bertz CT molecular complexity index is 277. The van der Waals surface area contributed by atoms with Crippen molar-refractivity contribution in [1.82, 2.24) is 5.32 Å². The fourth-order valence-electron chi connectivity index (χ4n) is 1.31. The van der Waals surface area contributed by atoms with E-state index in [1.165, 1.54) is 0 Å². The smallest absolute Gasteiger partial charge is 0.223 e. The van der Waals surface area contributed by atoms with Gasteiger partial charge >= 0.3 is 0 Å². The van der Waals surface area contributed by atoms with Crippen LogP contribution in [0.2, 0.25) is 0 Å². The van der Waals surface area contributed by atoms with E-state index in [4.69, 9.17) is 0 Å². The van der Waals surface area contributed by atoms with Gasteiger partial charge in [0.1, 0.15) is 0 Å². The van der Waals surface area contributed by atoms with Gasteiger partial charge in [-0.25, -0.2) is 0 Å². The minimum Gasteiger partial charge on any atom is -0.356 e. The summed E-state index contributed by atoms with van der Waals surface area (Å²) in [4.78, 5) is 11.3. The first-order valence-electron chi connectivity index (χ1n) is 6.34. The molecule has 0 aliphatic heterocycles. The lowest BCUT2D eigenvalue weighted by atomic mass is 10.1. The van der Waals surface area contributed by atoms with Crippen LogP contribution in [0.1, 0.15) is 40.0 Å². The number of hydrogen-bond acceptors (Lipinski definition) is 1. The van der Waals surface area contributed by atoms with Gasteiger partial charge in [-0.2, -0.15) is 0 Å². The highest BCUT2D eigenvalue weighted by atomic mass is 16.1. The summed E-state index contributed by atoms with van der Waals surface area (Å²) in [5, 5.41) is 2.93. The first-order chi connectivity index (χ1) is 8.20. The lowest BCUT2D eigenvalue weighted by molar-refractivity contribution is -0.120. The van der Waals surface area contributed by atoms with Gasteiger partial charge in [0.15, 0.2) is 0 Å². The second-order valence-corrected chi connectivity index (χ2v) is 4.19. The molecule has 0 aromatic carbocycles. The van der Waals surface area contributed by atoms with Crippen LogP contribution in [0, 0.1) is 5.92 Å². The van der Waals surface area contributed by atoms with Crippen molar-refractivity contribution in [2.45, 2.75) is 40.0 Å². The minimum absolute atomic E-state index is 0.104. The van der Waals surface area contributed by atoms with Gasteiger partial charge in [-0.1, -0.05) is 43.4 Å². The summed E-state index contributed by atoms with van der Waals surface area (Å²) >= 11 is 0. The molecule has 0 aliphatic rings. The molecule has 0 aromatic rings. The van der Waals surface area contributed by atoms with E-state index in [1.54, 1.807) is 0 Å². The van der Waals surface area contributed by atoms with E-state index < -0.39 is 0 Å². The third kappa shape index (κ3) is 11.0. The van der Waals surface area contributed by atoms with Crippen LogP contribution in [-0.4, -0.2) is 12.5 Å². The summed E-state index contributed by atoms with van der Waals surface area (Å²) in [5.41, 5.74) is 0. The maximum atomic E-state index is 11.3. The predicted octanol–water partition coefficient (Wildman–Crippen LogP) is 3.62. The summed E-state index contributed by atoms with van der Waals surface area (Å²) < 4.78 is 0. The molecule has 0 fully saturated rings. The Kier molecular flexibility index (Phi) is 10.3. The van der Waals surface area contributed by atoms with Crippen LogP contribution in [0.5, 0.6) is 0 Å². The summed E-state index contributed by atoms with van der Waals surface area (Å²) in [7, 11) is 0. The fraction of sp³-hybridized carbons (Fsp3) is 0.533. The lowest BCUT2D eigenvalue weighted by Crippen LogP contribution is -2.27. The standard InChI is InChI=1S/C15H25NO/c1-4-6-8-9-10-11-14(3)13-16-15(17)12-7-5-2/h4-7,9-10,14H,8,11-13H2,1-3H3,(H,16,17)/b6-4-,7-5-,10-9-. The van der Waals surface area contributed by atoms with E-state index in [0.29, 0.717) is 12.3 Å². The van der Waals surface area contributed by atoms with E-state index in [2.05, 4.69) is 36.5 Å². The molecule has 1 atom stereocenters. The van der Waals surface area contributed by atoms with Gasteiger partial charge in [0.05, 0.1) is 0 Å². The van der Waals surface area contributed by atoms with Gasteiger partial charge in [-0.05, 0) is 32.6 Å². The molecule has 2 heteroatoms. The van der Waals surface area contributed by atoms with Gasteiger partial charge in [-0.15, -0.1) is 0 Å². The van der Waals surface area contributed by atoms with Gasteiger partial charge in [0.2, 0.25) is 5.91 Å². The summed E-state index contributed by atoms with van der Waals surface area (Å²) in [6.07, 6.45) is 14.8. The molecule has 0 radical (unpaired) electrons. The molecule has 2 nitrogen and oxygen atoms in total. The average molecular weight is 235 g/mol. The van der Waals surface area contributed by atoms with Crippen molar-refractivity contribution in [3.63, 3.8) is 0 Å². The molecule has 0 saturated heterocycles. The zero-order valence-corrected chi connectivity index (χ0v) is 11.3. The number of allylic oxidation sites excluding steroid dienone is 5. The van der Waals surface area contributed by atoms with Crippen molar-refractivity contribution < 1.29 is 4.79 Å². The SMILES string of the molecule is C/C=C\C/C=C\CC(C)CNC(=O)C/C=C\C. The molecular weight excluding hydrogens is 210 g/mol. The van der Waals surface area contributed by atoms with Crippen LogP contribution in [-0.2, 0) is 4.79 Å². The van der Waals surface area contributed by atoms with E-state index in [1.807, 2.05) is 26.0 Å². The molecule has 0 aromatic heterocycles. The molecule has 1 N–H and O–H groups in total. The Hall–Kier alpha value is -1.31. The quantitative estimate of drug-likeness (QED) is 0.640. The van der Waals surface area contributed by atoms with Crippen molar-refractivity contribution in [2.24, 2.45) is 5.92 Å². The molecule has 0 spiro atoms. The van der Waals surface area contributed by atoms with E-state index in [0.717, 1.165) is 19.4 Å². The molecule has 1 amide bonds. The van der Waals surface area contributed by atoms with Crippen molar-refractivity contribution in [1.29, 1.82) is 0 Å². The summed E-state index contributed by atoms with van der Waals surface area (Å²) in [6, 6.07) is 0. The number of amides is 1. The number of hydrogen-bond donors (Lipinski definition) is 1. The second-order valence-electron chi connectivity index (χ2n) is 4.19. The lowest BCUT2D eigenvalue weighted by Gasteiger charge is -2.09. The molecule has 96 valence electrons. The number of nitrogens with one attached hydrogen (secondary N) is 1. The number of carbonyl (C=O) groups is 1. The highest BCUT2D eigenvalue weighted by Crippen LogP contribution is 2.02. The molecule has 0 bridgehead atoms. The van der Waals surface area contributed by atoms with E-state index in [-0.39, 0.29) is 5.91 Å².